The molecule has 0 N–H and O–H groups in total. The fraction of sp³-hybridized carbons (Fsp3) is 0.111. The molecule has 0 saturated carbocycles. The van der Waals surface area contributed by atoms with Crippen molar-refractivity contribution in [2.24, 2.45) is 0 Å². The number of halogens is 1. The zero-order chi connectivity index (χ0) is 9.42. The molecule has 2 heterocycles. The number of fused-ring (bicyclic) bond motifs is 1. The van der Waals surface area contributed by atoms with E-state index in [0.717, 1.165) is 0 Å². The van der Waals surface area contributed by atoms with Gasteiger partial charge in [0.2, 0.25) is 0 Å². The highest BCUT2D eigenvalue weighted by Crippen LogP contribution is 2.12. The Kier molecular flexibility index (Phi) is 1.62. The van der Waals surface area contributed by atoms with Gasteiger partial charge in [-0.15, -0.1) is 0 Å². The number of hydrogen-bond acceptors (Lipinski definition) is 2. The lowest BCUT2D eigenvalue weighted by Gasteiger charge is -1.94. The first kappa shape index (κ1) is 7.91. The molecule has 66 valence electrons. The van der Waals surface area contributed by atoms with Crippen LogP contribution in [0.3, 0.4) is 0 Å². The molecule has 0 unspecified atom stereocenters. The molecule has 0 atom stereocenters. The highest BCUT2D eigenvalue weighted by molar-refractivity contribution is 5.76. The molecule has 0 radical (unpaired) electrons. The second-order valence-electron chi connectivity index (χ2n) is 2.75. The van der Waals surface area contributed by atoms with Crippen LogP contribution >= 0.6 is 0 Å². The van der Waals surface area contributed by atoms with Gasteiger partial charge in [-0.1, -0.05) is 0 Å². The monoisotopic (exact) mass is 178 g/mol. The third kappa shape index (κ3) is 1.02. The van der Waals surface area contributed by atoms with E-state index in [1.807, 2.05) is 0 Å². The minimum Gasteiger partial charge on any atom is -0.296 e. The summed E-state index contributed by atoms with van der Waals surface area (Å²) in [5, 5.41) is 0. The van der Waals surface area contributed by atoms with Crippen LogP contribution in [-0.4, -0.2) is 15.7 Å². The Bertz CT molecular complexity index is 476. The molecule has 13 heavy (non-hydrogen) atoms. The van der Waals surface area contributed by atoms with Crippen molar-refractivity contribution < 1.29 is 9.18 Å². The Morgan fingerprint density at radius 1 is 1.62 bits per heavy atom. The van der Waals surface area contributed by atoms with Crippen LogP contribution in [0.2, 0.25) is 0 Å². The van der Waals surface area contributed by atoms with Crippen LogP contribution in [0.25, 0.3) is 5.65 Å². The van der Waals surface area contributed by atoms with Gasteiger partial charge in [-0.2, -0.15) is 0 Å². The van der Waals surface area contributed by atoms with Crippen molar-refractivity contribution in [1.29, 1.82) is 0 Å². The van der Waals surface area contributed by atoms with Crippen molar-refractivity contribution in [3.63, 3.8) is 0 Å². The summed E-state index contributed by atoms with van der Waals surface area (Å²) < 4.78 is 14.6. The van der Waals surface area contributed by atoms with E-state index in [2.05, 4.69) is 4.98 Å². The number of carbonyl (C=O) groups is 1. The number of nitrogens with zero attached hydrogens (tertiary/aromatic N) is 2. The summed E-state index contributed by atoms with van der Waals surface area (Å²) in [4.78, 5) is 14.6. The predicted octanol–water partition coefficient (Wildman–Crippen LogP) is 1.59. The number of pyridine rings is 1. The average molecular weight is 178 g/mol. The van der Waals surface area contributed by atoms with Crippen molar-refractivity contribution in [2.45, 2.75) is 6.92 Å². The largest absolute Gasteiger partial charge is 0.296 e. The summed E-state index contributed by atoms with van der Waals surface area (Å²) in [5.74, 6) is -0.418. The summed E-state index contributed by atoms with van der Waals surface area (Å²) in [7, 11) is 0. The van der Waals surface area contributed by atoms with Crippen LogP contribution < -0.4 is 0 Å². The maximum absolute atomic E-state index is 13.1. The van der Waals surface area contributed by atoms with E-state index >= 15 is 0 Å². The van der Waals surface area contributed by atoms with Gasteiger partial charge in [0, 0.05) is 6.20 Å². The van der Waals surface area contributed by atoms with Gasteiger partial charge in [0.25, 0.3) is 0 Å². The smallest absolute Gasteiger partial charge is 0.173 e. The minimum atomic E-state index is -0.418. The molecule has 0 aliphatic rings. The van der Waals surface area contributed by atoms with Gasteiger partial charge in [0.05, 0.1) is 5.69 Å². The molecule has 4 heteroatoms. The Labute approximate surface area is 73.8 Å². The van der Waals surface area contributed by atoms with Crippen LogP contribution in [0.15, 0.2) is 18.3 Å². The van der Waals surface area contributed by atoms with E-state index in [1.165, 1.54) is 16.5 Å². The van der Waals surface area contributed by atoms with Crippen LogP contribution in [0.4, 0.5) is 4.39 Å². The fourth-order valence-corrected chi connectivity index (χ4v) is 1.31. The summed E-state index contributed by atoms with van der Waals surface area (Å²) in [6.45, 7) is 1.68. The standard InChI is InChI=1S/C9H7FN2O/c1-6-8(5-13)12-4-2-3-7(10)9(12)11-6/h2-5H,1H3. The molecule has 0 saturated heterocycles. The molecule has 2 rings (SSSR count). The Morgan fingerprint density at radius 2 is 2.38 bits per heavy atom. The normalized spacial score (nSPS) is 10.6. The van der Waals surface area contributed by atoms with Gasteiger partial charge in [0.1, 0.15) is 5.69 Å². The van der Waals surface area contributed by atoms with Crippen molar-refractivity contribution >= 4 is 11.9 Å². The number of rotatable bonds is 1. The number of aromatic nitrogens is 2. The molecule has 2 aromatic heterocycles. The highest BCUT2D eigenvalue weighted by atomic mass is 19.1. The summed E-state index contributed by atoms with van der Waals surface area (Å²) in [5.41, 5.74) is 1.14. The SMILES string of the molecule is Cc1nc2c(F)cccn2c1C=O. The number of hydrogen-bond donors (Lipinski definition) is 0. The lowest BCUT2D eigenvalue weighted by molar-refractivity contribution is 0.111. The molecule has 0 aliphatic heterocycles. The van der Waals surface area contributed by atoms with Crippen molar-refractivity contribution in [1.82, 2.24) is 9.38 Å². The quantitative estimate of drug-likeness (QED) is 0.621. The van der Waals surface area contributed by atoms with Gasteiger partial charge in [-0.3, -0.25) is 9.20 Å². The van der Waals surface area contributed by atoms with E-state index in [9.17, 15) is 9.18 Å². The topological polar surface area (TPSA) is 34.4 Å². The second-order valence-corrected chi connectivity index (χ2v) is 2.75. The van der Waals surface area contributed by atoms with Crippen molar-refractivity contribution in [2.75, 3.05) is 0 Å². The molecule has 0 amide bonds. The number of carbonyl (C=O) groups excluding carboxylic acids is 1. The van der Waals surface area contributed by atoms with Gasteiger partial charge in [-0.25, -0.2) is 9.37 Å². The highest BCUT2D eigenvalue weighted by Gasteiger charge is 2.09. The first-order valence-corrected chi connectivity index (χ1v) is 3.82. The van der Waals surface area contributed by atoms with Crippen molar-refractivity contribution in [3.05, 3.63) is 35.5 Å². The molecule has 0 aliphatic carbocycles. The fourth-order valence-electron chi connectivity index (χ4n) is 1.31. The number of aryl methyl sites for hydroxylation is 1. The first-order chi connectivity index (χ1) is 6.24. The average Bonchev–Trinajstić information content (AvgIpc) is 2.43. The third-order valence-electron chi connectivity index (χ3n) is 1.93. The Morgan fingerprint density at radius 3 is 3.08 bits per heavy atom. The molecule has 0 bridgehead atoms. The molecular formula is C9H7FN2O. The van der Waals surface area contributed by atoms with Crippen LogP contribution in [0.1, 0.15) is 16.2 Å². The van der Waals surface area contributed by atoms with E-state index in [-0.39, 0.29) is 5.65 Å². The zero-order valence-electron chi connectivity index (χ0n) is 6.99. The van der Waals surface area contributed by atoms with Crippen LogP contribution in [-0.2, 0) is 0 Å². The molecule has 2 aromatic rings. The molecule has 0 spiro atoms. The molecule has 0 fully saturated rings. The van der Waals surface area contributed by atoms with Crippen LogP contribution in [0.5, 0.6) is 0 Å². The predicted molar refractivity (Wildman–Crippen MR) is 45.3 cm³/mol. The molecule has 0 aromatic carbocycles. The lowest BCUT2D eigenvalue weighted by atomic mass is 10.4. The Balaban J connectivity index is 2.93. The maximum atomic E-state index is 13.1. The molecular weight excluding hydrogens is 171 g/mol. The lowest BCUT2D eigenvalue weighted by Crippen LogP contribution is -1.92. The third-order valence-corrected chi connectivity index (χ3v) is 1.93. The van der Waals surface area contributed by atoms with E-state index < -0.39 is 5.82 Å². The summed E-state index contributed by atoms with van der Waals surface area (Å²) >= 11 is 0. The summed E-state index contributed by atoms with van der Waals surface area (Å²) in [6, 6.07) is 2.85. The van der Waals surface area contributed by atoms with Crippen molar-refractivity contribution in [3.8, 4) is 0 Å². The van der Waals surface area contributed by atoms with Gasteiger partial charge in [0.15, 0.2) is 17.8 Å². The number of aldehydes is 1. The zero-order valence-corrected chi connectivity index (χ0v) is 6.99. The van der Waals surface area contributed by atoms with E-state index in [4.69, 9.17) is 0 Å². The Hall–Kier alpha value is -1.71. The van der Waals surface area contributed by atoms with Gasteiger partial charge in [-0.05, 0) is 19.1 Å². The minimum absolute atomic E-state index is 0.196. The second kappa shape index (κ2) is 2.65. The summed E-state index contributed by atoms with van der Waals surface area (Å²) in [6.07, 6.45) is 2.29. The van der Waals surface area contributed by atoms with Gasteiger partial charge >= 0.3 is 0 Å². The van der Waals surface area contributed by atoms with E-state index in [0.29, 0.717) is 17.7 Å². The van der Waals surface area contributed by atoms with E-state index in [1.54, 1.807) is 13.1 Å². The van der Waals surface area contributed by atoms with Crippen LogP contribution in [0, 0.1) is 12.7 Å². The maximum Gasteiger partial charge on any atom is 0.173 e. The number of imidazole rings is 1. The van der Waals surface area contributed by atoms with Gasteiger partial charge < -0.3 is 0 Å². The molecule has 3 nitrogen and oxygen atoms in total. The first-order valence-electron chi connectivity index (χ1n) is 3.82.